The van der Waals surface area contributed by atoms with Gasteiger partial charge in [0.2, 0.25) is 0 Å². The van der Waals surface area contributed by atoms with Crippen molar-refractivity contribution < 1.29 is 0 Å². The standard InChI is InChI=1S/C15H24N4S2.HI/c1-15(2,3)21-13-10-12(4-5-17-13)11-18-14(16)19-6-8-20-9-7-19;/h4-5,10H,6-9,11H2,1-3H3,(H2,16,18);1H. The van der Waals surface area contributed by atoms with Crippen LogP contribution in [0.15, 0.2) is 28.3 Å². The van der Waals surface area contributed by atoms with E-state index >= 15 is 0 Å². The van der Waals surface area contributed by atoms with Crippen molar-refractivity contribution in [3.63, 3.8) is 0 Å². The van der Waals surface area contributed by atoms with Gasteiger partial charge in [0.15, 0.2) is 5.96 Å². The lowest BCUT2D eigenvalue weighted by atomic mass is 10.3. The van der Waals surface area contributed by atoms with Crippen molar-refractivity contribution >= 4 is 53.5 Å². The molecule has 1 saturated heterocycles. The van der Waals surface area contributed by atoms with Gasteiger partial charge in [0.1, 0.15) is 0 Å². The molecular weight excluding hydrogens is 427 g/mol. The normalized spacial score (nSPS) is 16.3. The molecule has 0 spiro atoms. The SMILES string of the molecule is CC(C)(C)Sc1cc(CN=C(N)N2CCSCC2)ccn1.I. The zero-order valence-electron chi connectivity index (χ0n) is 13.4. The molecule has 1 aromatic rings. The van der Waals surface area contributed by atoms with Crippen molar-refractivity contribution in [3.8, 4) is 0 Å². The predicted octanol–water partition coefficient (Wildman–Crippen LogP) is 3.45. The second-order valence-corrected chi connectivity index (χ2v) is 9.06. The fourth-order valence-electron chi connectivity index (χ4n) is 1.98. The van der Waals surface area contributed by atoms with Gasteiger partial charge in [0.05, 0.1) is 11.6 Å². The third kappa shape index (κ3) is 6.95. The summed E-state index contributed by atoms with van der Waals surface area (Å²) in [6, 6.07) is 4.12. The quantitative estimate of drug-likeness (QED) is 0.330. The van der Waals surface area contributed by atoms with E-state index in [1.807, 2.05) is 24.0 Å². The number of thioether (sulfide) groups is 2. The van der Waals surface area contributed by atoms with E-state index in [1.54, 1.807) is 11.8 Å². The summed E-state index contributed by atoms with van der Waals surface area (Å²) >= 11 is 3.75. The molecule has 0 saturated carbocycles. The summed E-state index contributed by atoms with van der Waals surface area (Å²) in [5.41, 5.74) is 7.24. The first-order valence-corrected chi connectivity index (χ1v) is 9.18. The van der Waals surface area contributed by atoms with E-state index in [2.05, 4.69) is 41.7 Å². The maximum absolute atomic E-state index is 6.08. The molecular formula is C15H25IN4S2. The molecule has 124 valence electrons. The molecule has 1 aliphatic rings. The summed E-state index contributed by atoms with van der Waals surface area (Å²) in [7, 11) is 0. The molecule has 1 fully saturated rings. The van der Waals surface area contributed by atoms with E-state index in [0.29, 0.717) is 12.5 Å². The molecule has 0 unspecified atom stereocenters. The van der Waals surface area contributed by atoms with Gasteiger partial charge in [-0.25, -0.2) is 9.98 Å². The molecule has 0 aromatic carbocycles. The molecule has 4 nitrogen and oxygen atoms in total. The Labute approximate surface area is 159 Å². The van der Waals surface area contributed by atoms with Gasteiger partial charge in [-0.3, -0.25) is 0 Å². The molecule has 2 N–H and O–H groups in total. The maximum atomic E-state index is 6.08. The van der Waals surface area contributed by atoms with Gasteiger partial charge in [-0.05, 0) is 17.7 Å². The number of pyridine rings is 1. The van der Waals surface area contributed by atoms with Gasteiger partial charge in [-0.15, -0.1) is 35.7 Å². The maximum Gasteiger partial charge on any atom is 0.191 e. The molecule has 0 amide bonds. The Balaban J connectivity index is 0.00000242. The highest BCUT2D eigenvalue weighted by molar-refractivity contribution is 14.0. The number of nitrogens with zero attached hydrogens (tertiary/aromatic N) is 3. The van der Waals surface area contributed by atoms with E-state index in [4.69, 9.17) is 5.73 Å². The largest absolute Gasteiger partial charge is 0.370 e. The van der Waals surface area contributed by atoms with Crippen LogP contribution in [0.3, 0.4) is 0 Å². The summed E-state index contributed by atoms with van der Waals surface area (Å²) in [5, 5.41) is 1.04. The van der Waals surface area contributed by atoms with Crippen LogP contribution in [0.2, 0.25) is 0 Å². The molecule has 0 atom stereocenters. The highest BCUT2D eigenvalue weighted by Gasteiger charge is 2.14. The van der Waals surface area contributed by atoms with Crippen LogP contribution in [0.5, 0.6) is 0 Å². The van der Waals surface area contributed by atoms with Gasteiger partial charge in [0, 0.05) is 35.5 Å². The van der Waals surface area contributed by atoms with Crippen molar-refractivity contribution in [2.45, 2.75) is 37.1 Å². The van der Waals surface area contributed by atoms with Crippen molar-refractivity contribution in [1.82, 2.24) is 9.88 Å². The number of guanidine groups is 1. The smallest absolute Gasteiger partial charge is 0.191 e. The predicted molar refractivity (Wildman–Crippen MR) is 109 cm³/mol. The van der Waals surface area contributed by atoms with E-state index < -0.39 is 0 Å². The van der Waals surface area contributed by atoms with Crippen molar-refractivity contribution in [2.24, 2.45) is 10.7 Å². The number of hydrogen-bond acceptors (Lipinski definition) is 4. The van der Waals surface area contributed by atoms with Crippen LogP contribution in [0, 0.1) is 0 Å². The second kappa shape index (κ2) is 9.22. The lowest BCUT2D eigenvalue weighted by Crippen LogP contribution is -2.42. The van der Waals surface area contributed by atoms with Crippen molar-refractivity contribution in [3.05, 3.63) is 23.9 Å². The van der Waals surface area contributed by atoms with Crippen molar-refractivity contribution in [1.29, 1.82) is 0 Å². The molecule has 0 aliphatic carbocycles. The molecule has 2 heterocycles. The summed E-state index contributed by atoms with van der Waals surface area (Å²) in [4.78, 5) is 11.1. The van der Waals surface area contributed by atoms with E-state index in [9.17, 15) is 0 Å². The Bertz CT molecular complexity index is 497. The zero-order valence-corrected chi connectivity index (χ0v) is 17.4. The van der Waals surface area contributed by atoms with E-state index in [-0.39, 0.29) is 28.7 Å². The van der Waals surface area contributed by atoms with Crippen LogP contribution in [-0.4, -0.2) is 45.2 Å². The van der Waals surface area contributed by atoms with Crippen LogP contribution in [-0.2, 0) is 6.54 Å². The number of rotatable bonds is 3. The topological polar surface area (TPSA) is 54.5 Å². The minimum Gasteiger partial charge on any atom is -0.370 e. The third-order valence-electron chi connectivity index (χ3n) is 2.97. The number of aliphatic imine (C=N–C) groups is 1. The third-order valence-corrected chi connectivity index (χ3v) is 4.96. The first-order chi connectivity index (χ1) is 9.94. The van der Waals surface area contributed by atoms with Crippen LogP contribution in [0.25, 0.3) is 0 Å². The fraction of sp³-hybridized carbons (Fsp3) is 0.600. The van der Waals surface area contributed by atoms with Crippen LogP contribution < -0.4 is 5.73 Å². The number of halogens is 1. The lowest BCUT2D eigenvalue weighted by molar-refractivity contribution is 0.455. The highest BCUT2D eigenvalue weighted by atomic mass is 127. The number of aromatic nitrogens is 1. The summed E-state index contributed by atoms with van der Waals surface area (Å²) in [5.74, 6) is 2.94. The van der Waals surface area contributed by atoms with Crippen LogP contribution in [0.4, 0.5) is 0 Å². The van der Waals surface area contributed by atoms with Gasteiger partial charge in [-0.2, -0.15) is 11.8 Å². The Hall–Kier alpha value is -0.150. The van der Waals surface area contributed by atoms with Crippen LogP contribution in [0.1, 0.15) is 26.3 Å². The number of nitrogens with two attached hydrogens (primary N) is 1. The van der Waals surface area contributed by atoms with E-state index in [0.717, 1.165) is 35.2 Å². The van der Waals surface area contributed by atoms with Gasteiger partial charge in [-0.1, -0.05) is 20.8 Å². The summed E-state index contributed by atoms with van der Waals surface area (Å²) in [6.45, 7) is 9.20. The molecule has 1 aliphatic heterocycles. The van der Waals surface area contributed by atoms with E-state index in [1.165, 1.54) is 0 Å². The van der Waals surface area contributed by atoms with Crippen molar-refractivity contribution in [2.75, 3.05) is 24.6 Å². The molecule has 7 heteroatoms. The molecule has 2 rings (SSSR count). The Morgan fingerprint density at radius 1 is 1.41 bits per heavy atom. The first kappa shape index (κ1) is 19.9. The molecule has 0 radical (unpaired) electrons. The van der Waals surface area contributed by atoms with Gasteiger partial charge in [0.25, 0.3) is 0 Å². The minimum atomic E-state index is 0. The zero-order chi connectivity index (χ0) is 15.3. The Morgan fingerprint density at radius 2 is 2.09 bits per heavy atom. The second-order valence-electron chi connectivity index (χ2n) is 5.99. The van der Waals surface area contributed by atoms with Crippen LogP contribution >= 0.6 is 47.5 Å². The fourth-order valence-corrected chi connectivity index (χ4v) is 3.84. The Kier molecular flexibility index (Phi) is 8.34. The average molecular weight is 452 g/mol. The van der Waals surface area contributed by atoms with Gasteiger partial charge < -0.3 is 10.6 Å². The highest BCUT2D eigenvalue weighted by Crippen LogP contribution is 2.30. The molecule has 1 aromatic heterocycles. The van der Waals surface area contributed by atoms with Gasteiger partial charge >= 0.3 is 0 Å². The monoisotopic (exact) mass is 452 g/mol. The minimum absolute atomic E-state index is 0. The first-order valence-electron chi connectivity index (χ1n) is 7.20. The average Bonchev–Trinajstić information content (AvgIpc) is 2.44. The molecule has 0 bridgehead atoms. The number of hydrogen-bond donors (Lipinski definition) is 1. The lowest BCUT2D eigenvalue weighted by Gasteiger charge is -2.27. The summed E-state index contributed by atoms with van der Waals surface area (Å²) < 4.78 is 0.166. The molecule has 22 heavy (non-hydrogen) atoms. The summed E-state index contributed by atoms with van der Waals surface area (Å²) in [6.07, 6.45) is 1.85. The Morgan fingerprint density at radius 3 is 2.73 bits per heavy atom.